The molecule has 0 aliphatic heterocycles. The van der Waals surface area contributed by atoms with Gasteiger partial charge in [0.15, 0.2) is 0 Å². The van der Waals surface area contributed by atoms with Gasteiger partial charge in [0.1, 0.15) is 0 Å². The Morgan fingerprint density at radius 3 is 0.842 bits per heavy atom. The van der Waals surface area contributed by atoms with E-state index in [0.717, 1.165) is 0 Å². The van der Waals surface area contributed by atoms with Crippen molar-refractivity contribution < 1.29 is 28.7 Å². The van der Waals surface area contributed by atoms with Gasteiger partial charge in [-0.15, -0.1) is 14.0 Å². The average molecular weight is 298 g/mol. The molecule has 0 bridgehead atoms. The van der Waals surface area contributed by atoms with E-state index in [1.165, 1.54) is 0 Å². The number of hydrogen-bond acceptors (Lipinski definition) is 6. The maximum absolute atomic E-state index is 5.14. The lowest BCUT2D eigenvalue weighted by Gasteiger charge is -2.25. The van der Waals surface area contributed by atoms with Crippen LogP contribution in [0.4, 0.5) is 0 Å². The van der Waals surface area contributed by atoms with Gasteiger partial charge < -0.3 is 0 Å². The smallest absolute Gasteiger partial charge is 0.223 e. The zero-order chi connectivity index (χ0) is 15.3. The quantitative estimate of drug-likeness (QED) is 0.410. The van der Waals surface area contributed by atoms with E-state index in [2.05, 4.69) is 0 Å². The summed E-state index contributed by atoms with van der Waals surface area (Å²) in [7, 11) is -1.92. The van der Waals surface area contributed by atoms with Crippen LogP contribution in [0.1, 0.15) is 62.3 Å². The molecule has 0 unspecified atom stereocenters. The maximum atomic E-state index is 5.14. The highest BCUT2D eigenvalue weighted by molar-refractivity contribution is 7.41. The second-order valence-corrected chi connectivity index (χ2v) is 7.93. The van der Waals surface area contributed by atoms with Crippen molar-refractivity contribution in [3.05, 3.63) is 0 Å². The van der Waals surface area contributed by atoms with Crippen LogP contribution in [0.2, 0.25) is 0 Å². The molecule has 0 heterocycles. The topological polar surface area (TPSA) is 55.4 Å². The van der Waals surface area contributed by atoms with E-state index < -0.39 is 25.4 Å². The van der Waals surface area contributed by atoms with Crippen LogP contribution >= 0.6 is 8.60 Å². The van der Waals surface area contributed by atoms with E-state index in [9.17, 15) is 0 Å². The largest absolute Gasteiger partial charge is 0.421 e. The summed E-state index contributed by atoms with van der Waals surface area (Å²) >= 11 is 0. The highest BCUT2D eigenvalue weighted by Gasteiger charge is 2.27. The van der Waals surface area contributed by atoms with Crippen LogP contribution in [-0.4, -0.2) is 16.8 Å². The van der Waals surface area contributed by atoms with Gasteiger partial charge in [0, 0.05) is 0 Å². The molecule has 0 spiro atoms. The summed E-state index contributed by atoms with van der Waals surface area (Å²) in [5, 5.41) is 0. The van der Waals surface area contributed by atoms with Gasteiger partial charge in [0.25, 0.3) is 0 Å². The zero-order valence-electron chi connectivity index (χ0n) is 13.4. The molecule has 0 aromatic carbocycles. The first-order valence-electron chi connectivity index (χ1n) is 6.16. The Hall–Kier alpha value is 0.190. The molecule has 0 fully saturated rings. The average Bonchev–Trinajstić information content (AvgIpc) is 2.11. The van der Waals surface area contributed by atoms with Gasteiger partial charge in [-0.3, -0.25) is 0 Å². The van der Waals surface area contributed by atoms with E-state index in [-0.39, 0.29) is 0 Å². The molecule has 7 heteroatoms. The summed E-state index contributed by atoms with van der Waals surface area (Å²) in [5.74, 6) is 0. The molecule has 0 radical (unpaired) electrons. The van der Waals surface area contributed by atoms with Gasteiger partial charge in [-0.25, -0.2) is 14.7 Å². The molecular weight excluding hydrogens is 271 g/mol. The highest BCUT2D eigenvalue weighted by atomic mass is 31.2. The van der Waals surface area contributed by atoms with E-state index >= 15 is 0 Å². The zero-order valence-corrected chi connectivity index (χ0v) is 14.3. The molecule has 0 aliphatic rings. The Morgan fingerprint density at radius 1 is 0.474 bits per heavy atom. The summed E-state index contributed by atoms with van der Waals surface area (Å²) in [6.07, 6.45) is 0. The van der Waals surface area contributed by atoms with Gasteiger partial charge in [-0.05, 0) is 62.3 Å². The fourth-order valence-electron chi connectivity index (χ4n) is 0.464. The molecule has 0 atom stereocenters. The second-order valence-electron chi connectivity index (χ2n) is 7.03. The molecule has 19 heavy (non-hydrogen) atoms. The SMILES string of the molecule is CC(C)(C)OOP(OOC(C)(C)C)OOC(C)(C)C. The third kappa shape index (κ3) is 14.4. The normalized spacial score (nSPS) is 14.2. The van der Waals surface area contributed by atoms with Gasteiger partial charge in [-0.1, -0.05) is 0 Å². The molecule has 0 rings (SSSR count). The summed E-state index contributed by atoms with van der Waals surface area (Å²) in [4.78, 5) is 15.4. The predicted molar refractivity (Wildman–Crippen MR) is 72.7 cm³/mol. The fraction of sp³-hybridized carbons (Fsp3) is 1.00. The molecule has 0 aliphatic carbocycles. The number of hydrogen-bond donors (Lipinski definition) is 0. The fourth-order valence-corrected chi connectivity index (χ4v) is 1.39. The van der Waals surface area contributed by atoms with Crippen LogP contribution in [0.3, 0.4) is 0 Å². The monoisotopic (exact) mass is 298 g/mol. The minimum absolute atomic E-state index is 0.489. The number of rotatable bonds is 6. The van der Waals surface area contributed by atoms with Crippen molar-refractivity contribution in [3.8, 4) is 0 Å². The molecule has 0 N–H and O–H groups in total. The lowest BCUT2D eigenvalue weighted by Crippen LogP contribution is -2.23. The second kappa shape index (κ2) is 7.27. The van der Waals surface area contributed by atoms with Crippen molar-refractivity contribution in [2.75, 3.05) is 0 Å². The first kappa shape index (κ1) is 19.2. The third-order valence-corrected chi connectivity index (χ3v) is 1.63. The minimum Gasteiger partial charge on any atom is -0.223 e. The minimum atomic E-state index is -1.92. The van der Waals surface area contributed by atoms with Gasteiger partial charge >= 0.3 is 8.60 Å². The highest BCUT2D eigenvalue weighted by Crippen LogP contribution is 2.43. The van der Waals surface area contributed by atoms with Gasteiger partial charge in [-0.2, -0.15) is 0 Å². The first-order chi connectivity index (χ1) is 8.29. The molecule has 0 aromatic rings. The first-order valence-corrected chi connectivity index (χ1v) is 7.26. The summed E-state index contributed by atoms with van der Waals surface area (Å²) in [6, 6.07) is 0. The van der Waals surface area contributed by atoms with E-state index in [1.807, 2.05) is 62.3 Å². The maximum Gasteiger partial charge on any atom is 0.421 e. The Morgan fingerprint density at radius 2 is 0.684 bits per heavy atom. The van der Waals surface area contributed by atoms with Crippen LogP contribution in [0, 0.1) is 0 Å². The van der Waals surface area contributed by atoms with E-state index in [4.69, 9.17) is 28.7 Å². The molecule has 0 amide bonds. The van der Waals surface area contributed by atoms with Crippen LogP contribution in [0.25, 0.3) is 0 Å². The lowest BCUT2D eigenvalue weighted by atomic mass is 10.2. The van der Waals surface area contributed by atoms with Crippen molar-refractivity contribution in [2.45, 2.75) is 79.1 Å². The summed E-state index contributed by atoms with van der Waals surface area (Å²) in [5.41, 5.74) is -1.47. The molecule has 0 aromatic heterocycles. The molecule has 116 valence electrons. The molecule has 0 saturated carbocycles. The Balaban J connectivity index is 4.30. The van der Waals surface area contributed by atoms with Crippen LogP contribution in [-0.2, 0) is 28.7 Å². The van der Waals surface area contributed by atoms with Crippen molar-refractivity contribution in [2.24, 2.45) is 0 Å². The Kier molecular flexibility index (Phi) is 7.34. The molecule has 6 nitrogen and oxygen atoms in total. The van der Waals surface area contributed by atoms with Crippen LogP contribution in [0.15, 0.2) is 0 Å². The summed E-state index contributed by atoms with van der Waals surface area (Å²) < 4.78 is 15.2. The van der Waals surface area contributed by atoms with Gasteiger partial charge in [0.05, 0.1) is 16.8 Å². The standard InChI is InChI=1S/C12H27O6P/c1-10(2,3)13-16-19(17-14-11(4,5)6)18-15-12(7,8)9/h1-9H3. The Labute approximate surface area is 117 Å². The predicted octanol–water partition coefficient (Wildman–Crippen LogP) is 4.45. The lowest BCUT2D eigenvalue weighted by molar-refractivity contribution is -0.365. The van der Waals surface area contributed by atoms with Crippen molar-refractivity contribution in [3.63, 3.8) is 0 Å². The van der Waals surface area contributed by atoms with Gasteiger partial charge in [0.2, 0.25) is 0 Å². The third-order valence-electron chi connectivity index (χ3n) is 1.04. The molecular formula is C12H27O6P. The van der Waals surface area contributed by atoms with Crippen molar-refractivity contribution in [1.82, 2.24) is 0 Å². The van der Waals surface area contributed by atoms with Crippen molar-refractivity contribution >= 4 is 8.60 Å². The molecule has 0 saturated heterocycles. The Bertz CT molecular complexity index is 208. The van der Waals surface area contributed by atoms with Crippen molar-refractivity contribution in [1.29, 1.82) is 0 Å². The van der Waals surface area contributed by atoms with Crippen LogP contribution < -0.4 is 0 Å². The van der Waals surface area contributed by atoms with Crippen LogP contribution in [0.5, 0.6) is 0 Å². The summed E-state index contributed by atoms with van der Waals surface area (Å²) in [6.45, 7) is 16.6. The van der Waals surface area contributed by atoms with E-state index in [0.29, 0.717) is 0 Å². The van der Waals surface area contributed by atoms with E-state index in [1.54, 1.807) is 0 Å².